The van der Waals surface area contributed by atoms with E-state index in [2.05, 4.69) is 15.9 Å². The van der Waals surface area contributed by atoms with Gasteiger partial charge in [-0.2, -0.15) is 13.2 Å². The molecule has 1 amide bonds. The monoisotopic (exact) mass is 329 g/mol. The number of carbonyl (C=O) groups is 1. The second kappa shape index (κ2) is 5.02. The standard InChI is InChI=1S/C12H19BrF3NO/c1-7(2)9(13)10(18)17-6-5-8(11(17,3)4)12(14,15)16/h7-9H,5-6H2,1-4H3. The van der Waals surface area contributed by atoms with Gasteiger partial charge in [0.05, 0.1) is 10.7 Å². The first kappa shape index (κ1) is 15.8. The summed E-state index contributed by atoms with van der Waals surface area (Å²) in [5.74, 6) is -1.64. The summed E-state index contributed by atoms with van der Waals surface area (Å²) in [6, 6.07) is 0. The molecule has 1 aliphatic heterocycles. The highest BCUT2D eigenvalue weighted by atomic mass is 79.9. The number of rotatable bonds is 2. The fourth-order valence-electron chi connectivity index (χ4n) is 2.48. The minimum atomic E-state index is -4.25. The van der Waals surface area contributed by atoms with Crippen LogP contribution >= 0.6 is 15.9 Å². The molecule has 0 aromatic rings. The Hall–Kier alpha value is -0.260. The highest BCUT2D eigenvalue weighted by Crippen LogP contribution is 2.45. The van der Waals surface area contributed by atoms with E-state index < -0.39 is 22.5 Å². The molecule has 0 spiro atoms. The van der Waals surface area contributed by atoms with E-state index in [9.17, 15) is 18.0 Å². The van der Waals surface area contributed by atoms with Gasteiger partial charge in [-0.3, -0.25) is 4.79 Å². The number of carbonyl (C=O) groups excluding carboxylic acids is 1. The van der Waals surface area contributed by atoms with Gasteiger partial charge in [0.1, 0.15) is 0 Å². The number of alkyl halides is 4. The number of amides is 1. The second-order valence-electron chi connectivity index (χ2n) is 5.67. The van der Waals surface area contributed by atoms with Crippen LogP contribution in [0.2, 0.25) is 0 Å². The highest BCUT2D eigenvalue weighted by molar-refractivity contribution is 9.10. The molecule has 0 radical (unpaired) electrons. The summed E-state index contributed by atoms with van der Waals surface area (Å²) < 4.78 is 38.7. The van der Waals surface area contributed by atoms with Gasteiger partial charge in [-0.1, -0.05) is 29.8 Å². The molecule has 1 heterocycles. The smallest absolute Gasteiger partial charge is 0.336 e. The van der Waals surface area contributed by atoms with E-state index in [0.29, 0.717) is 0 Å². The van der Waals surface area contributed by atoms with Crippen LogP contribution in [-0.4, -0.2) is 33.9 Å². The summed E-state index contributed by atoms with van der Waals surface area (Å²) in [4.78, 5) is 13.1. The SMILES string of the molecule is CC(C)C(Br)C(=O)N1CCC(C(F)(F)F)C1(C)C. The molecule has 6 heteroatoms. The highest BCUT2D eigenvalue weighted by Gasteiger charge is 2.56. The fourth-order valence-corrected chi connectivity index (χ4v) is 2.73. The van der Waals surface area contributed by atoms with Gasteiger partial charge in [0, 0.05) is 12.1 Å². The molecule has 0 aromatic heterocycles. The minimum absolute atomic E-state index is 0.0138. The van der Waals surface area contributed by atoms with Gasteiger partial charge < -0.3 is 4.90 Å². The molecule has 2 atom stereocenters. The Balaban J connectivity index is 2.92. The number of likely N-dealkylation sites (tertiary alicyclic amines) is 1. The Bertz CT molecular complexity index is 328. The molecule has 18 heavy (non-hydrogen) atoms. The summed E-state index contributed by atoms with van der Waals surface area (Å²) in [5, 5.41) is 0. The molecule has 0 N–H and O–H groups in total. The van der Waals surface area contributed by atoms with Crippen molar-refractivity contribution in [2.75, 3.05) is 6.54 Å². The summed E-state index contributed by atoms with van der Waals surface area (Å²) in [6.45, 7) is 6.89. The van der Waals surface area contributed by atoms with Crippen LogP contribution in [0.15, 0.2) is 0 Å². The van der Waals surface area contributed by atoms with Crippen LogP contribution in [-0.2, 0) is 4.79 Å². The lowest BCUT2D eigenvalue weighted by atomic mass is 9.87. The molecule has 1 rings (SSSR count). The Kier molecular flexibility index (Phi) is 4.41. The van der Waals surface area contributed by atoms with E-state index in [0.717, 1.165) is 0 Å². The average molecular weight is 330 g/mol. The number of hydrogen-bond donors (Lipinski definition) is 0. The summed E-state index contributed by atoms with van der Waals surface area (Å²) in [7, 11) is 0. The third kappa shape index (κ3) is 2.83. The largest absolute Gasteiger partial charge is 0.394 e. The number of hydrogen-bond acceptors (Lipinski definition) is 1. The minimum Gasteiger partial charge on any atom is -0.336 e. The quantitative estimate of drug-likeness (QED) is 0.709. The lowest BCUT2D eigenvalue weighted by Crippen LogP contribution is -2.52. The van der Waals surface area contributed by atoms with Gasteiger partial charge in [0.25, 0.3) is 0 Å². The zero-order valence-corrected chi connectivity index (χ0v) is 12.6. The molecule has 1 fully saturated rings. The third-order valence-electron chi connectivity index (χ3n) is 3.67. The molecule has 0 saturated carbocycles. The van der Waals surface area contributed by atoms with Crippen molar-refractivity contribution in [2.24, 2.45) is 11.8 Å². The summed E-state index contributed by atoms with van der Waals surface area (Å²) in [6.07, 6.45) is -4.27. The Morgan fingerprint density at radius 1 is 1.39 bits per heavy atom. The first-order valence-corrected chi connectivity index (χ1v) is 6.93. The lowest BCUT2D eigenvalue weighted by molar-refractivity contribution is -0.192. The maximum absolute atomic E-state index is 12.9. The first-order valence-electron chi connectivity index (χ1n) is 6.02. The third-order valence-corrected chi connectivity index (χ3v) is 5.12. The number of nitrogens with zero attached hydrogens (tertiary/aromatic N) is 1. The normalized spacial score (nSPS) is 25.6. The van der Waals surface area contributed by atoms with Gasteiger partial charge in [-0.25, -0.2) is 0 Å². The van der Waals surface area contributed by atoms with E-state index in [1.54, 1.807) is 0 Å². The molecule has 0 aliphatic carbocycles. The van der Waals surface area contributed by atoms with Gasteiger partial charge in [0.2, 0.25) is 5.91 Å². The predicted molar refractivity (Wildman–Crippen MR) is 67.5 cm³/mol. The molecular weight excluding hydrogens is 311 g/mol. The van der Waals surface area contributed by atoms with Crippen LogP contribution in [0.4, 0.5) is 13.2 Å². The maximum Gasteiger partial charge on any atom is 0.394 e. The van der Waals surface area contributed by atoms with Crippen LogP contribution in [0.3, 0.4) is 0 Å². The maximum atomic E-state index is 12.9. The lowest BCUT2D eigenvalue weighted by Gasteiger charge is -2.38. The van der Waals surface area contributed by atoms with E-state index >= 15 is 0 Å². The van der Waals surface area contributed by atoms with E-state index in [-0.39, 0.29) is 24.8 Å². The van der Waals surface area contributed by atoms with E-state index in [1.165, 1.54) is 18.7 Å². The average Bonchev–Trinajstić information content (AvgIpc) is 2.50. The predicted octanol–water partition coefficient (Wildman–Crippen LogP) is 3.60. The number of halogens is 4. The topological polar surface area (TPSA) is 20.3 Å². The van der Waals surface area contributed by atoms with Gasteiger partial charge in [-0.15, -0.1) is 0 Å². The van der Waals surface area contributed by atoms with Crippen LogP contribution in [0.25, 0.3) is 0 Å². The van der Waals surface area contributed by atoms with Gasteiger partial charge in [0.15, 0.2) is 0 Å². The zero-order chi connectivity index (χ0) is 14.3. The van der Waals surface area contributed by atoms with E-state index in [4.69, 9.17) is 0 Å². The van der Waals surface area contributed by atoms with Gasteiger partial charge >= 0.3 is 6.18 Å². The molecule has 0 aromatic carbocycles. The molecule has 2 nitrogen and oxygen atoms in total. The van der Waals surface area contributed by atoms with Crippen molar-refractivity contribution >= 4 is 21.8 Å². The first-order chi connectivity index (χ1) is 7.99. The van der Waals surface area contributed by atoms with Crippen LogP contribution in [0, 0.1) is 11.8 Å². The molecule has 1 saturated heterocycles. The van der Waals surface area contributed by atoms with Crippen molar-refractivity contribution in [1.29, 1.82) is 0 Å². The molecule has 2 unspecified atom stereocenters. The van der Waals surface area contributed by atoms with Crippen molar-refractivity contribution in [3.8, 4) is 0 Å². The Labute approximate surface area is 114 Å². The summed E-state index contributed by atoms with van der Waals surface area (Å²) in [5.41, 5.74) is -1.17. The summed E-state index contributed by atoms with van der Waals surface area (Å²) >= 11 is 3.27. The molecule has 0 bridgehead atoms. The van der Waals surface area contributed by atoms with Crippen molar-refractivity contribution < 1.29 is 18.0 Å². The van der Waals surface area contributed by atoms with Crippen molar-refractivity contribution in [1.82, 2.24) is 4.90 Å². The van der Waals surface area contributed by atoms with Crippen LogP contribution in [0.1, 0.15) is 34.1 Å². The molecule has 106 valence electrons. The van der Waals surface area contributed by atoms with Crippen molar-refractivity contribution in [2.45, 2.75) is 50.7 Å². The Morgan fingerprint density at radius 2 is 1.89 bits per heavy atom. The molecule has 1 aliphatic rings. The molecular formula is C12H19BrF3NO. The zero-order valence-electron chi connectivity index (χ0n) is 11.0. The Morgan fingerprint density at radius 3 is 2.22 bits per heavy atom. The van der Waals surface area contributed by atoms with E-state index in [1.807, 2.05) is 13.8 Å². The second-order valence-corrected chi connectivity index (χ2v) is 6.66. The van der Waals surface area contributed by atoms with Gasteiger partial charge in [-0.05, 0) is 26.2 Å². The van der Waals surface area contributed by atoms with Crippen molar-refractivity contribution in [3.63, 3.8) is 0 Å². The van der Waals surface area contributed by atoms with Crippen molar-refractivity contribution in [3.05, 3.63) is 0 Å². The van der Waals surface area contributed by atoms with Crippen LogP contribution in [0.5, 0.6) is 0 Å². The van der Waals surface area contributed by atoms with Crippen LogP contribution < -0.4 is 0 Å². The fraction of sp³-hybridized carbons (Fsp3) is 0.917.